The van der Waals surface area contributed by atoms with Crippen molar-refractivity contribution in [3.63, 3.8) is 0 Å². The van der Waals surface area contributed by atoms with Gasteiger partial charge in [0.05, 0.1) is 23.9 Å². The van der Waals surface area contributed by atoms with Crippen molar-refractivity contribution in [1.29, 1.82) is 0 Å². The van der Waals surface area contributed by atoms with Crippen LogP contribution in [0.4, 0.5) is 18.9 Å². The first kappa shape index (κ1) is 25.9. The zero-order valence-corrected chi connectivity index (χ0v) is 20.0. The van der Waals surface area contributed by atoms with Crippen LogP contribution in [0.1, 0.15) is 23.2 Å². The molecule has 14 heteroatoms. The van der Waals surface area contributed by atoms with Crippen molar-refractivity contribution in [2.75, 3.05) is 25.0 Å². The van der Waals surface area contributed by atoms with Gasteiger partial charge in [0.25, 0.3) is 15.9 Å². The number of alkyl halides is 3. The van der Waals surface area contributed by atoms with Gasteiger partial charge in [0.15, 0.2) is 5.75 Å². The largest absolute Gasteiger partial charge is 0.573 e. The van der Waals surface area contributed by atoms with Crippen LogP contribution in [0.2, 0.25) is 0 Å². The summed E-state index contributed by atoms with van der Waals surface area (Å²) in [6, 6.07) is 4.40. The van der Waals surface area contributed by atoms with Crippen LogP contribution < -0.4 is 9.46 Å². The Hall–Kier alpha value is -2.71. The molecule has 1 fully saturated rings. The highest BCUT2D eigenvalue weighted by Gasteiger charge is 2.35. The number of carbonyl (C=O) groups is 1. The molecular weight excluding hydrogens is 549 g/mol. The smallest absolute Gasteiger partial charge is 0.507 e. The van der Waals surface area contributed by atoms with Crippen LogP contribution in [0, 0.1) is 0 Å². The van der Waals surface area contributed by atoms with E-state index in [9.17, 15) is 36.6 Å². The molecular formula is C20H20BrF3N2O7S. The number of carbonyl (C=O) groups excluding carboxylic acids is 1. The fraction of sp³-hybridized carbons (Fsp3) is 0.350. The van der Waals surface area contributed by atoms with Crippen molar-refractivity contribution in [3.05, 3.63) is 40.4 Å². The number of hydrogen-bond donors (Lipinski definition) is 3. The topological polar surface area (TPSA) is 125 Å². The number of amides is 1. The zero-order valence-electron chi connectivity index (χ0n) is 17.6. The number of phenols is 2. The summed E-state index contributed by atoms with van der Waals surface area (Å²) < 4.78 is 75.5. The molecule has 2 aromatic carbocycles. The van der Waals surface area contributed by atoms with E-state index in [1.807, 2.05) is 4.72 Å². The third-order valence-corrected chi connectivity index (χ3v) is 6.89. The molecule has 1 heterocycles. The summed E-state index contributed by atoms with van der Waals surface area (Å²) in [5.41, 5.74) is -1.34. The van der Waals surface area contributed by atoms with E-state index in [1.165, 1.54) is 18.1 Å². The molecule has 1 atom stereocenters. The van der Waals surface area contributed by atoms with E-state index >= 15 is 0 Å². The standard InChI is InChI=1S/C20H20BrF3N2O7S/c1-32-10-12-3-2-6-26(12)19(29)14-8-13(33-20(22,23)24)9-15(18(14)28)25-34(30,31)17-7-11(21)4-5-16(17)27/h4-5,7-9,12,25,27-28H,2-3,6,10H2,1H3/t12-/m1/s1. The number of hydrogen-bond acceptors (Lipinski definition) is 7. The Morgan fingerprint density at radius 2 is 1.97 bits per heavy atom. The number of aromatic hydroxyl groups is 2. The molecule has 0 bridgehead atoms. The molecule has 0 aromatic heterocycles. The summed E-state index contributed by atoms with van der Waals surface area (Å²) >= 11 is 3.06. The first-order chi connectivity index (χ1) is 15.8. The van der Waals surface area contributed by atoms with Gasteiger partial charge >= 0.3 is 6.36 Å². The summed E-state index contributed by atoms with van der Waals surface area (Å²) in [6.07, 6.45) is -3.95. The van der Waals surface area contributed by atoms with Crippen LogP contribution in [-0.4, -0.2) is 62.1 Å². The third kappa shape index (κ3) is 5.85. The van der Waals surface area contributed by atoms with Gasteiger partial charge in [0.2, 0.25) is 0 Å². The third-order valence-electron chi connectivity index (χ3n) is 5.00. The minimum absolute atomic E-state index is 0.174. The minimum Gasteiger partial charge on any atom is -0.507 e. The van der Waals surface area contributed by atoms with E-state index in [1.54, 1.807) is 0 Å². The number of nitrogens with one attached hydrogen (secondary N) is 1. The normalized spacial score (nSPS) is 16.5. The lowest BCUT2D eigenvalue weighted by atomic mass is 10.1. The van der Waals surface area contributed by atoms with E-state index < -0.39 is 55.7 Å². The quantitative estimate of drug-likeness (QED) is 0.433. The highest BCUT2D eigenvalue weighted by atomic mass is 79.9. The average Bonchev–Trinajstić information content (AvgIpc) is 3.18. The number of nitrogens with zero attached hydrogens (tertiary/aromatic N) is 1. The Kier molecular flexibility index (Phi) is 7.53. The van der Waals surface area contributed by atoms with Crippen LogP contribution in [0.3, 0.4) is 0 Å². The molecule has 0 saturated carbocycles. The molecule has 34 heavy (non-hydrogen) atoms. The number of benzene rings is 2. The predicted molar refractivity (Wildman–Crippen MR) is 117 cm³/mol. The Labute approximate surface area is 201 Å². The van der Waals surface area contributed by atoms with Gasteiger partial charge in [-0.2, -0.15) is 0 Å². The molecule has 3 rings (SSSR count). The Bertz CT molecular complexity index is 1190. The molecule has 1 amide bonds. The highest BCUT2D eigenvalue weighted by molar-refractivity contribution is 9.10. The first-order valence-corrected chi connectivity index (χ1v) is 12.0. The Morgan fingerprint density at radius 1 is 1.26 bits per heavy atom. The number of ether oxygens (including phenoxy) is 2. The number of anilines is 1. The van der Waals surface area contributed by atoms with Crippen LogP contribution in [0.15, 0.2) is 39.7 Å². The number of rotatable bonds is 7. The molecule has 0 unspecified atom stereocenters. The average molecular weight is 569 g/mol. The predicted octanol–water partition coefficient (Wildman–Crippen LogP) is 3.81. The van der Waals surface area contributed by atoms with Gasteiger partial charge < -0.3 is 24.6 Å². The fourth-order valence-corrected chi connectivity index (χ4v) is 5.26. The molecule has 0 aliphatic carbocycles. The zero-order chi connectivity index (χ0) is 25.3. The van der Waals surface area contributed by atoms with Crippen LogP contribution in [-0.2, 0) is 14.8 Å². The van der Waals surface area contributed by atoms with Crippen molar-refractivity contribution >= 4 is 37.5 Å². The number of methoxy groups -OCH3 is 1. The first-order valence-electron chi connectivity index (χ1n) is 9.76. The number of sulfonamides is 1. The molecule has 0 radical (unpaired) electrons. The van der Waals surface area contributed by atoms with Crippen LogP contribution >= 0.6 is 15.9 Å². The Balaban J connectivity index is 2.07. The van der Waals surface area contributed by atoms with Gasteiger partial charge in [-0.05, 0) is 37.1 Å². The molecule has 3 N–H and O–H groups in total. The lowest BCUT2D eigenvalue weighted by Gasteiger charge is -2.25. The van der Waals surface area contributed by atoms with Gasteiger partial charge in [-0.15, -0.1) is 13.2 Å². The van der Waals surface area contributed by atoms with Crippen molar-refractivity contribution in [2.24, 2.45) is 0 Å². The molecule has 2 aromatic rings. The van der Waals surface area contributed by atoms with Crippen molar-refractivity contribution < 1.29 is 46.1 Å². The van der Waals surface area contributed by atoms with Crippen molar-refractivity contribution in [2.45, 2.75) is 30.1 Å². The number of phenolic OH excluding ortho intramolecular Hbond substituents is 2. The molecule has 1 aliphatic rings. The highest BCUT2D eigenvalue weighted by Crippen LogP contribution is 2.39. The summed E-state index contributed by atoms with van der Waals surface area (Å²) in [4.78, 5) is 13.8. The Morgan fingerprint density at radius 3 is 2.62 bits per heavy atom. The van der Waals surface area contributed by atoms with Gasteiger partial charge in [-0.3, -0.25) is 9.52 Å². The second-order valence-corrected chi connectivity index (χ2v) is 9.95. The maximum atomic E-state index is 13.1. The van der Waals surface area contributed by atoms with E-state index in [0.717, 1.165) is 12.1 Å². The number of likely N-dealkylation sites (tertiary alicyclic amines) is 1. The fourth-order valence-electron chi connectivity index (χ4n) is 3.57. The summed E-state index contributed by atoms with van der Waals surface area (Å²) in [5, 5.41) is 20.6. The molecule has 186 valence electrons. The van der Waals surface area contributed by atoms with Crippen LogP contribution in [0.25, 0.3) is 0 Å². The van der Waals surface area contributed by atoms with E-state index in [4.69, 9.17) is 4.74 Å². The van der Waals surface area contributed by atoms with Gasteiger partial charge in [-0.25, -0.2) is 8.42 Å². The van der Waals surface area contributed by atoms with Gasteiger partial charge in [-0.1, -0.05) is 15.9 Å². The maximum absolute atomic E-state index is 13.1. The van der Waals surface area contributed by atoms with E-state index in [2.05, 4.69) is 20.7 Å². The summed E-state index contributed by atoms with van der Waals surface area (Å²) in [6.45, 7) is 0.441. The molecule has 1 saturated heterocycles. The SMILES string of the molecule is COC[C@H]1CCCN1C(=O)c1cc(OC(F)(F)F)cc(NS(=O)(=O)c2cc(Br)ccc2O)c1O. The summed E-state index contributed by atoms with van der Waals surface area (Å²) in [5.74, 6) is -3.29. The molecule has 1 aliphatic heterocycles. The van der Waals surface area contributed by atoms with Crippen LogP contribution in [0.5, 0.6) is 17.2 Å². The van der Waals surface area contributed by atoms with Gasteiger partial charge in [0, 0.05) is 24.2 Å². The molecule has 0 spiro atoms. The van der Waals surface area contributed by atoms with E-state index in [-0.39, 0.29) is 23.7 Å². The lowest BCUT2D eigenvalue weighted by Crippen LogP contribution is -2.38. The molecule has 9 nitrogen and oxygen atoms in total. The van der Waals surface area contributed by atoms with Crippen molar-refractivity contribution in [1.82, 2.24) is 4.90 Å². The van der Waals surface area contributed by atoms with Crippen molar-refractivity contribution in [3.8, 4) is 17.2 Å². The monoisotopic (exact) mass is 568 g/mol. The van der Waals surface area contributed by atoms with Gasteiger partial charge in [0.1, 0.15) is 16.4 Å². The lowest BCUT2D eigenvalue weighted by molar-refractivity contribution is -0.274. The maximum Gasteiger partial charge on any atom is 0.573 e. The second kappa shape index (κ2) is 9.88. The minimum atomic E-state index is -5.15. The number of halogens is 4. The second-order valence-electron chi connectivity index (χ2n) is 7.38. The van der Waals surface area contributed by atoms with E-state index in [0.29, 0.717) is 25.0 Å². The summed E-state index contributed by atoms with van der Waals surface area (Å²) in [7, 11) is -3.17.